The molecule has 2 aliphatic rings. The second-order valence-corrected chi connectivity index (χ2v) is 11.2. The molecule has 0 amide bonds. The summed E-state index contributed by atoms with van der Waals surface area (Å²) in [4.78, 5) is 5.21. The standard InChI is InChI=1S/C21H44N4/c1-16(22-17-12-24(13-17)20(5,6)7)10-11-21(8,9)25-14-18(15-25)23-19(2,3)4/h16-18,22-23H,10-15H2,1-9H3. The zero-order valence-corrected chi connectivity index (χ0v) is 18.4. The van der Waals surface area contributed by atoms with Crippen molar-refractivity contribution in [3.05, 3.63) is 0 Å². The van der Waals surface area contributed by atoms with E-state index in [9.17, 15) is 0 Å². The van der Waals surface area contributed by atoms with Crippen LogP contribution in [-0.2, 0) is 0 Å². The Labute approximate surface area is 157 Å². The third-order valence-corrected chi connectivity index (χ3v) is 5.91. The van der Waals surface area contributed by atoms with E-state index in [1.807, 2.05) is 0 Å². The molecule has 148 valence electrons. The lowest BCUT2D eigenvalue weighted by molar-refractivity contribution is 0.00558. The quantitative estimate of drug-likeness (QED) is 0.737. The van der Waals surface area contributed by atoms with E-state index in [1.165, 1.54) is 39.0 Å². The molecule has 2 N–H and O–H groups in total. The molecule has 0 radical (unpaired) electrons. The van der Waals surface area contributed by atoms with Gasteiger partial charge in [-0.2, -0.15) is 0 Å². The lowest BCUT2D eigenvalue weighted by atomic mass is 9.88. The Morgan fingerprint density at radius 2 is 1.36 bits per heavy atom. The first kappa shape index (κ1) is 21.1. The minimum absolute atomic E-state index is 0.225. The maximum atomic E-state index is 3.83. The maximum Gasteiger partial charge on any atom is 0.0327 e. The van der Waals surface area contributed by atoms with Gasteiger partial charge in [0.25, 0.3) is 0 Å². The lowest BCUT2D eigenvalue weighted by Crippen LogP contribution is -2.67. The molecular weight excluding hydrogens is 308 g/mol. The van der Waals surface area contributed by atoms with Crippen LogP contribution in [0.25, 0.3) is 0 Å². The summed E-state index contributed by atoms with van der Waals surface area (Å²) in [6.07, 6.45) is 2.52. The van der Waals surface area contributed by atoms with Crippen LogP contribution in [0.15, 0.2) is 0 Å². The first-order valence-corrected chi connectivity index (χ1v) is 10.3. The molecule has 2 aliphatic heterocycles. The number of nitrogens with zero attached hydrogens (tertiary/aromatic N) is 2. The number of nitrogens with one attached hydrogen (secondary N) is 2. The molecule has 0 aliphatic carbocycles. The van der Waals surface area contributed by atoms with Crippen LogP contribution in [0.3, 0.4) is 0 Å². The summed E-state index contributed by atoms with van der Waals surface area (Å²) in [5, 5.41) is 7.55. The highest BCUT2D eigenvalue weighted by Crippen LogP contribution is 2.28. The van der Waals surface area contributed by atoms with Gasteiger partial charge in [-0.3, -0.25) is 9.80 Å². The molecule has 2 rings (SSSR count). The van der Waals surface area contributed by atoms with Crippen molar-refractivity contribution in [2.75, 3.05) is 26.2 Å². The summed E-state index contributed by atoms with van der Waals surface area (Å²) in [6, 6.07) is 1.95. The van der Waals surface area contributed by atoms with E-state index in [0.29, 0.717) is 29.2 Å². The largest absolute Gasteiger partial charge is 0.309 e. The van der Waals surface area contributed by atoms with Crippen molar-refractivity contribution in [2.24, 2.45) is 0 Å². The third-order valence-electron chi connectivity index (χ3n) is 5.91. The van der Waals surface area contributed by atoms with Crippen LogP contribution in [0.1, 0.15) is 75.2 Å². The van der Waals surface area contributed by atoms with Crippen LogP contribution >= 0.6 is 0 Å². The number of hydrogen-bond acceptors (Lipinski definition) is 4. The molecule has 4 heteroatoms. The fourth-order valence-electron chi connectivity index (χ4n) is 4.02. The SMILES string of the molecule is CC(CCC(C)(C)N1CC(NC(C)(C)C)C1)NC1CN(C(C)(C)C)C1. The second kappa shape index (κ2) is 7.46. The van der Waals surface area contributed by atoms with Crippen molar-refractivity contribution in [2.45, 2.75) is 110 Å². The van der Waals surface area contributed by atoms with Gasteiger partial charge < -0.3 is 10.6 Å². The molecule has 4 nitrogen and oxygen atoms in total. The number of hydrogen-bond donors (Lipinski definition) is 2. The average Bonchev–Trinajstić information content (AvgIpc) is 2.32. The highest BCUT2D eigenvalue weighted by Gasteiger charge is 2.39. The fraction of sp³-hybridized carbons (Fsp3) is 1.00. The van der Waals surface area contributed by atoms with Crippen LogP contribution in [0, 0.1) is 0 Å². The van der Waals surface area contributed by atoms with Gasteiger partial charge in [-0.1, -0.05) is 0 Å². The van der Waals surface area contributed by atoms with Crippen molar-refractivity contribution < 1.29 is 0 Å². The number of likely N-dealkylation sites (tertiary alicyclic amines) is 2. The van der Waals surface area contributed by atoms with Gasteiger partial charge in [0, 0.05) is 60.9 Å². The van der Waals surface area contributed by atoms with Gasteiger partial charge in [-0.25, -0.2) is 0 Å². The van der Waals surface area contributed by atoms with Gasteiger partial charge >= 0.3 is 0 Å². The Kier molecular flexibility index (Phi) is 6.31. The van der Waals surface area contributed by atoms with Crippen molar-refractivity contribution >= 4 is 0 Å². The van der Waals surface area contributed by atoms with Crippen LogP contribution in [0.4, 0.5) is 0 Å². The molecule has 0 aromatic rings. The summed E-state index contributed by atoms with van der Waals surface area (Å²) >= 11 is 0. The Balaban J connectivity index is 1.64. The molecule has 0 saturated carbocycles. The first-order chi connectivity index (χ1) is 11.3. The van der Waals surface area contributed by atoms with Crippen molar-refractivity contribution in [1.82, 2.24) is 20.4 Å². The van der Waals surface area contributed by atoms with E-state index in [4.69, 9.17) is 0 Å². The molecule has 1 atom stereocenters. The molecule has 1 unspecified atom stereocenters. The first-order valence-electron chi connectivity index (χ1n) is 10.3. The van der Waals surface area contributed by atoms with Gasteiger partial charge in [-0.15, -0.1) is 0 Å². The monoisotopic (exact) mass is 352 g/mol. The third kappa shape index (κ3) is 6.20. The Bertz CT molecular complexity index is 420. The summed E-state index contributed by atoms with van der Waals surface area (Å²) in [5.74, 6) is 0. The topological polar surface area (TPSA) is 30.5 Å². The van der Waals surface area contributed by atoms with Gasteiger partial charge in [0.1, 0.15) is 0 Å². The predicted molar refractivity (Wildman–Crippen MR) is 109 cm³/mol. The van der Waals surface area contributed by atoms with Crippen molar-refractivity contribution in [1.29, 1.82) is 0 Å². The highest BCUT2D eigenvalue weighted by atomic mass is 15.3. The minimum atomic E-state index is 0.225. The normalized spacial score (nSPS) is 23.4. The summed E-state index contributed by atoms with van der Waals surface area (Å²) in [5.41, 5.74) is 0.852. The van der Waals surface area contributed by atoms with Crippen LogP contribution in [0.5, 0.6) is 0 Å². The molecule has 25 heavy (non-hydrogen) atoms. The van der Waals surface area contributed by atoms with Crippen molar-refractivity contribution in [3.63, 3.8) is 0 Å². The molecule has 0 bridgehead atoms. The summed E-state index contributed by atoms with van der Waals surface area (Å²) < 4.78 is 0. The van der Waals surface area contributed by atoms with Crippen LogP contribution < -0.4 is 10.6 Å². The fourth-order valence-corrected chi connectivity index (χ4v) is 4.02. The Morgan fingerprint density at radius 3 is 1.84 bits per heavy atom. The lowest BCUT2D eigenvalue weighted by Gasteiger charge is -2.51. The highest BCUT2D eigenvalue weighted by molar-refractivity contribution is 4.98. The molecule has 2 saturated heterocycles. The molecule has 2 heterocycles. The molecule has 0 aromatic carbocycles. The zero-order chi connectivity index (χ0) is 19.0. The maximum absolute atomic E-state index is 3.83. The Hall–Kier alpha value is -0.160. The van der Waals surface area contributed by atoms with Crippen molar-refractivity contribution in [3.8, 4) is 0 Å². The van der Waals surface area contributed by atoms with Gasteiger partial charge in [0.2, 0.25) is 0 Å². The van der Waals surface area contributed by atoms with Crippen LogP contribution in [0.2, 0.25) is 0 Å². The molecule has 2 fully saturated rings. The van der Waals surface area contributed by atoms with Crippen LogP contribution in [-0.4, -0.2) is 70.7 Å². The van der Waals surface area contributed by atoms with E-state index in [1.54, 1.807) is 0 Å². The molecule has 0 spiro atoms. The summed E-state index contributed by atoms with van der Waals surface area (Å²) in [7, 11) is 0. The second-order valence-electron chi connectivity index (χ2n) is 11.2. The number of rotatable bonds is 7. The smallest absolute Gasteiger partial charge is 0.0327 e. The predicted octanol–water partition coefficient (Wildman–Crippen LogP) is 3.08. The molecular formula is C21H44N4. The van der Waals surface area contributed by atoms with Gasteiger partial charge in [-0.05, 0) is 75.2 Å². The van der Waals surface area contributed by atoms with E-state index in [2.05, 4.69) is 82.7 Å². The van der Waals surface area contributed by atoms with E-state index in [-0.39, 0.29) is 5.54 Å². The zero-order valence-electron chi connectivity index (χ0n) is 18.4. The van der Waals surface area contributed by atoms with Gasteiger partial charge in [0.15, 0.2) is 0 Å². The van der Waals surface area contributed by atoms with E-state index < -0.39 is 0 Å². The Morgan fingerprint density at radius 1 is 0.840 bits per heavy atom. The van der Waals surface area contributed by atoms with Gasteiger partial charge in [0.05, 0.1) is 0 Å². The van der Waals surface area contributed by atoms with E-state index >= 15 is 0 Å². The van der Waals surface area contributed by atoms with E-state index in [0.717, 1.165) is 0 Å². The summed E-state index contributed by atoms with van der Waals surface area (Å²) in [6.45, 7) is 25.7. The minimum Gasteiger partial charge on any atom is -0.309 e. The average molecular weight is 353 g/mol. The molecule has 0 aromatic heterocycles.